The van der Waals surface area contributed by atoms with Gasteiger partial charge in [-0.3, -0.25) is 14.9 Å². The first-order chi connectivity index (χ1) is 13.7. The normalized spacial score (nSPS) is 18.9. The zero-order valence-corrected chi connectivity index (χ0v) is 15.7. The second-order valence-electron chi connectivity index (χ2n) is 6.29. The van der Waals surface area contributed by atoms with Gasteiger partial charge in [-0.1, -0.05) is 12.1 Å². The molecule has 0 atom stereocenters. The maximum atomic E-state index is 11.6. The van der Waals surface area contributed by atoms with Crippen molar-refractivity contribution in [3.63, 3.8) is 0 Å². The lowest BCUT2D eigenvalue weighted by atomic mass is 10.1. The van der Waals surface area contributed by atoms with Gasteiger partial charge in [0.25, 0.3) is 11.1 Å². The molecule has 2 saturated heterocycles. The van der Waals surface area contributed by atoms with Crippen LogP contribution in [0.25, 0.3) is 6.08 Å². The highest BCUT2D eigenvalue weighted by atomic mass is 32.2. The number of piperidine rings is 1. The monoisotopic (exact) mass is 398 g/mol. The number of aromatic nitrogens is 2. The molecular weight excluding hydrogens is 380 g/mol. The fourth-order valence-electron chi connectivity index (χ4n) is 2.85. The number of nitrogens with zero attached hydrogens (tertiary/aromatic N) is 2. The molecule has 2 aromatic rings. The van der Waals surface area contributed by atoms with Crippen molar-refractivity contribution in [1.29, 1.82) is 0 Å². The van der Waals surface area contributed by atoms with Crippen LogP contribution in [0.15, 0.2) is 41.6 Å². The first-order valence-electron chi connectivity index (χ1n) is 8.88. The number of nitrogens with one attached hydrogen (secondary N) is 2. The molecule has 2 aliphatic rings. The topological polar surface area (TPSA) is 102 Å². The Morgan fingerprint density at radius 3 is 2.54 bits per heavy atom. The minimum atomic E-state index is -0.377. The summed E-state index contributed by atoms with van der Waals surface area (Å²) >= 11 is 0.887. The summed E-state index contributed by atoms with van der Waals surface area (Å²) in [4.78, 5) is 31.4. The molecule has 3 heterocycles. The van der Waals surface area contributed by atoms with Gasteiger partial charge in [0, 0.05) is 0 Å². The molecule has 4 rings (SSSR count). The van der Waals surface area contributed by atoms with E-state index in [1.54, 1.807) is 36.4 Å². The Hall–Kier alpha value is -2.91. The van der Waals surface area contributed by atoms with Crippen LogP contribution in [0.5, 0.6) is 17.5 Å². The van der Waals surface area contributed by atoms with E-state index in [9.17, 15) is 9.59 Å². The Kier molecular flexibility index (Phi) is 5.54. The minimum absolute atomic E-state index is 0.147. The quantitative estimate of drug-likeness (QED) is 0.741. The number of hydrogen-bond donors (Lipinski definition) is 2. The number of rotatable bonds is 5. The van der Waals surface area contributed by atoms with Crippen molar-refractivity contribution in [3.8, 4) is 17.5 Å². The fourth-order valence-corrected chi connectivity index (χ4v) is 3.53. The predicted molar refractivity (Wildman–Crippen MR) is 104 cm³/mol. The summed E-state index contributed by atoms with van der Waals surface area (Å²) in [6.07, 6.45) is 5.11. The maximum Gasteiger partial charge on any atom is 0.290 e. The van der Waals surface area contributed by atoms with Crippen molar-refractivity contribution in [2.45, 2.75) is 18.9 Å². The maximum absolute atomic E-state index is 11.6. The van der Waals surface area contributed by atoms with E-state index < -0.39 is 0 Å². The van der Waals surface area contributed by atoms with Gasteiger partial charge in [-0.15, -0.1) is 0 Å². The average Bonchev–Trinajstić information content (AvgIpc) is 3.01. The van der Waals surface area contributed by atoms with Crippen LogP contribution >= 0.6 is 11.8 Å². The first kappa shape index (κ1) is 18.5. The van der Waals surface area contributed by atoms with E-state index in [4.69, 9.17) is 9.47 Å². The molecule has 28 heavy (non-hydrogen) atoms. The van der Waals surface area contributed by atoms with Gasteiger partial charge in [0.2, 0.25) is 11.8 Å². The molecule has 2 amide bonds. The predicted octanol–water partition coefficient (Wildman–Crippen LogP) is 2.72. The van der Waals surface area contributed by atoms with Crippen molar-refractivity contribution in [1.82, 2.24) is 20.6 Å². The summed E-state index contributed by atoms with van der Waals surface area (Å²) < 4.78 is 11.7. The van der Waals surface area contributed by atoms with Gasteiger partial charge in [0.15, 0.2) is 0 Å². The molecule has 0 aliphatic carbocycles. The molecule has 2 N–H and O–H groups in total. The number of carbonyl (C=O) groups excluding carboxylic acids is 2. The lowest BCUT2D eigenvalue weighted by molar-refractivity contribution is -0.115. The standard InChI is InChI=1S/C19H18N4O4S/c24-18-15(28-19(25)23-18)9-12-1-3-13(4-2-12)26-16-10-17(22-11-21-16)27-14-5-7-20-8-6-14/h1-4,9-11,14,20H,5-8H2,(H,23,24,25). The van der Waals surface area contributed by atoms with Crippen LogP contribution in [-0.4, -0.2) is 40.3 Å². The molecule has 8 nitrogen and oxygen atoms in total. The number of benzene rings is 1. The van der Waals surface area contributed by atoms with Gasteiger partial charge < -0.3 is 14.8 Å². The SMILES string of the molecule is O=C1NC(=O)C(=Cc2ccc(Oc3cc(OC4CCNCC4)ncn3)cc2)S1. The summed E-state index contributed by atoms with van der Waals surface area (Å²) in [5.41, 5.74) is 0.789. The summed E-state index contributed by atoms with van der Waals surface area (Å²) in [5, 5.41) is 5.16. The van der Waals surface area contributed by atoms with Crippen molar-refractivity contribution in [2.75, 3.05) is 13.1 Å². The van der Waals surface area contributed by atoms with Crippen molar-refractivity contribution >= 4 is 29.0 Å². The van der Waals surface area contributed by atoms with Gasteiger partial charge in [0.05, 0.1) is 11.0 Å². The molecule has 0 spiro atoms. The second-order valence-corrected chi connectivity index (χ2v) is 7.30. The van der Waals surface area contributed by atoms with Gasteiger partial charge in [0.1, 0.15) is 18.2 Å². The number of thioether (sulfide) groups is 1. The number of imide groups is 1. The molecule has 144 valence electrons. The molecule has 9 heteroatoms. The third-order valence-corrected chi connectivity index (χ3v) is 5.04. The number of carbonyl (C=O) groups is 2. The second kappa shape index (κ2) is 8.41. The van der Waals surface area contributed by atoms with E-state index in [1.165, 1.54) is 6.33 Å². The lowest BCUT2D eigenvalue weighted by Crippen LogP contribution is -2.34. The first-order valence-corrected chi connectivity index (χ1v) is 9.69. The van der Waals surface area contributed by atoms with E-state index in [-0.39, 0.29) is 17.3 Å². The van der Waals surface area contributed by atoms with Gasteiger partial charge in [-0.2, -0.15) is 0 Å². The van der Waals surface area contributed by atoms with Crippen molar-refractivity contribution in [2.24, 2.45) is 0 Å². The van der Waals surface area contributed by atoms with E-state index in [2.05, 4.69) is 20.6 Å². The molecule has 0 saturated carbocycles. The van der Waals surface area contributed by atoms with Crippen LogP contribution in [0.2, 0.25) is 0 Å². The Labute approximate surface area is 165 Å². The average molecular weight is 398 g/mol. The highest BCUT2D eigenvalue weighted by Gasteiger charge is 2.24. The highest BCUT2D eigenvalue weighted by molar-refractivity contribution is 8.18. The highest BCUT2D eigenvalue weighted by Crippen LogP contribution is 2.27. The largest absolute Gasteiger partial charge is 0.474 e. The van der Waals surface area contributed by atoms with Gasteiger partial charge in [-0.05, 0) is 61.5 Å². The summed E-state index contributed by atoms with van der Waals surface area (Å²) in [6, 6.07) is 8.80. The zero-order valence-electron chi connectivity index (χ0n) is 14.9. The van der Waals surface area contributed by atoms with Crippen LogP contribution in [0.1, 0.15) is 18.4 Å². The molecule has 2 aliphatic heterocycles. The molecule has 2 fully saturated rings. The Morgan fingerprint density at radius 1 is 1.07 bits per heavy atom. The van der Waals surface area contributed by atoms with E-state index in [0.717, 1.165) is 43.3 Å². The number of amides is 2. The van der Waals surface area contributed by atoms with Crippen LogP contribution in [0.3, 0.4) is 0 Å². The summed E-state index contributed by atoms with van der Waals surface area (Å²) in [5.74, 6) is 1.10. The Balaban J connectivity index is 1.40. The van der Waals surface area contributed by atoms with E-state index >= 15 is 0 Å². The van der Waals surface area contributed by atoms with Crippen LogP contribution in [0.4, 0.5) is 4.79 Å². The van der Waals surface area contributed by atoms with Crippen LogP contribution in [0, 0.1) is 0 Å². The van der Waals surface area contributed by atoms with Gasteiger partial charge >= 0.3 is 0 Å². The third-order valence-electron chi connectivity index (χ3n) is 4.23. The minimum Gasteiger partial charge on any atom is -0.474 e. The fraction of sp³-hybridized carbons (Fsp3) is 0.263. The zero-order chi connectivity index (χ0) is 19.3. The molecule has 1 aromatic carbocycles. The molecule has 0 unspecified atom stereocenters. The molecule has 0 radical (unpaired) electrons. The van der Waals surface area contributed by atoms with Crippen LogP contribution < -0.4 is 20.1 Å². The molecular formula is C19H18N4O4S. The molecule has 0 bridgehead atoms. The lowest BCUT2D eigenvalue weighted by Gasteiger charge is -2.23. The smallest absolute Gasteiger partial charge is 0.290 e. The van der Waals surface area contributed by atoms with E-state index in [1.807, 2.05) is 0 Å². The molecule has 1 aromatic heterocycles. The Morgan fingerprint density at radius 2 is 1.82 bits per heavy atom. The van der Waals surface area contributed by atoms with Crippen molar-refractivity contribution < 1.29 is 19.1 Å². The number of ether oxygens (including phenoxy) is 2. The Bertz CT molecular complexity index is 910. The summed E-state index contributed by atoms with van der Waals surface area (Å²) in [7, 11) is 0. The van der Waals surface area contributed by atoms with Crippen LogP contribution in [-0.2, 0) is 4.79 Å². The number of hydrogen-bond acceptors (Lipinski definition) is 8. The van der Waals surface area contributed by atoms with Gasteiger partial charge in [-0.25, -0.2) is 9.97 Å². The third kappa shape index (κ3) is 4.68. The summed E-state index contributed by atoms with van der Waals surface area (Å²) in [6.45, 7) is 1.88. The van der Waals surface area contributed by atoms with E-state index in [0.29, 0.717) is 22.4 Å². The van der Waals surface area contributed by atoms with Crippen molar-refractivity contribution in [3.05, 3.63) is 47.1 Å².